The highest BCUT2D eigenvalue weighted by Crippen LogP contribution is 2.31. The predicted molar refractivity (Wildman–Crippen MR) is 154 cm³/mol. The number of likely N-dealkylation sites (tertiary alicyclic amines) is 1. The third-order valence-electron chi connectivity index (χ3n) is 7.95. The number of hydrogen-bond acceptors (Lipinski definition) is 5. The maximum atomic E-state index is 14.1. The van der Waals surface area contributed by atoms with Crippen molar-refractivity contribution in [1.29, 1.82) is 0 Å². The van der Waals surface area contributed by atoms with E-state index in [0.29, 0.717) is 55.6 Å². The first-order valence-corrected chi connectivity index (χ1v) is 15.7. The van der Waals surface area contributed by atoms with Crippen LogP contribution in [0.25, 0.3) is 0 Å². The van der Waals surface area contributed by atoms with Gasteiger partial charge in [-0.1, -0.05) is 30.8 Å². The fourth-order valence-corrected chi connectivity index (χ4v) is 6.11. The summed E-state index contributed by atoms with van der Waals surface area (Å²) >= 11 is 0. The number of carbonyl (C=O) groups excluding carboxylic acids is 2. The molecule has 8 nitrogen and oxygen atoms in total. The number of sulfonamides is 1. The summed E-state index contributed by atoms with van der Waals surface area (Å²) in [5.41, 5.74) is 0.788. The molecule has 3 unspecified atom stereocenters. The van der Waals surface area contributed by atoms with Gasteiger partial charge in [0.2, 0.25) is 15.9 Å². The van der Waals surface area contributed by atoms with Crippen LogP contribution in [0.2, 0.25) is 0 Å². The Kier molecular flexibility index (Phi) is 10.6. The van der Waals surface area contributed by atoms with Crippen LogP contribution >= 0.6 is 0 Å². The highest BCUT2D eigenvalue weighted by molar-refractivity contribution is 7.92. The molecule has 0 radical (unpaired) electrons. The number of piperidine rings is 1. The first-order chi connectivity index (χ1) is 20.3. The lowest BCUT2D eigenvalue weighted by atomic mass is 9.84. The van der Waals surface area contributed by atoms with Crippen LogP contribution in [0, 0.1) is 11.8 Å². The van der Waals surface area contributed by atoms with E-state index in [4.69, 9.17) is 0 Å². The molecule has 0 bridgehead atoms. The number of halogens is 4. The number of benzene rings is 2. The summed E-state index contributed by atoms with van der Waals surface area (Å²) in [5.74, 6) is -1.35. The van der Waals surface area contributed by atoms with Crippen LogP contribution in [0.3, 0.4) is 0 Å². The van der Waals surface area contributed by atoms with Gasteiger partial charge in [-0.15, -0.1) is 0 Å². The number of rotatable bonds is 11. The molecule has 43 heavy (non-hydrogen) atoms. The monoisotopic (exact) mass is 624 g/mol. The molecule has 0 saturated carbocycles. The van der Waals surface area contributed by atoms with Gasteiger partial charge in [-0.2, -0.15) is 13.2 Å². The molecule has 234 valence electrons. The first-order valence-electron chi connectivity index (χ1n) is 14.1. The van der Waals surface area contributed by atoms with Crippen molar-refractivity contribution in [3.8, 4) is 0 Å². The lowest BCUT2D eigenvalue weighted by Gasteiger charge is -2.29. The quantitative estimate of drug-likeness (QED) is 0.328. The summed E-state index contributed by atoms with van der Waals surface area (Å²) in [6, 6.07) is 11.2. The molecule has 2 aliphatic heterocycles. The molecule has 2 amide bonds. The molecular weight excluding hydrogens is 588 g/mol. The SMILES string of the molecule is C=CS(=O)(=O)NC[C@@H]1CCN(C(=O)c2ccc(C(CC3CNCC(F)C3)C(=O)NCc3ccc(C(F)(F)F)cc3)cc2)C1. The summed E-state index contributed by atoms with van der Waals surface area (Å²) in [6.45, 7) is 5.19. The Hall–Kier alpha value is -3.29. The molecule has 2 aromatic carbocycles. The van der Waals surface area contributed by atoms with Crippen molar-refractivity contribution in [3.05, 3.63) is 82.8 Å². The highest BCUT2D eigenvalue weighted by atomic mass is 32.2. The zero-order valence-corrected chi connectivity index (χ0v) is 24.4. The van der Waals surface area contributed by atoms with E-state index in [-0.39, 0.29) is 43.3 Å². The second-order valence-corrected chi connectivity index (χ2v) is 12.9. The maximum absolute atomic E-state index is 14.1. The maximum Gasteiger partial charge on any atom is 0.416 e. The molecule has 4 rings (SSSR count). The van der Waals surface area contributed by atoms with E-state index >= 15 is 0 Å². The Labute approximate surface area is 249 Å². The number of carbonyl (C=O) groups is 2. The Bertz CT molecular complexity index is 1380. The van der Waals surface area contributed by atoms with Crippen LogP contribution < -0.4 is 15.4 Å². The van der Waals surface area contributed by atoms with Crippen molar-refractivity contribution >= 4 is 21.8 Å². The summed E-state index contributed by atoms with van der Waals surface area (Å²) in [5, 5.41) is 6.69. The molecule has 13 heteroatoms. The minimum absolute atomic E-state index is 0.0256. The van der Waals surface area contributed by atoms with Crippen LogP contribution in [0.15, 0.2) is 60.5 Å². The first kappa shape index (κ1) is 32.6. The minimum Gasteiger partial charge on any atom is -0.351 e. The van der Waals surface area contributed by atoms with Gasteiger partial charge < -0.3 is 15.5 Å². The van der Waals surface area contributed by atoms with E-state index in [9.17, 15) is 35.6 Å². The van der Waals surface area contributed by atoms with E-state index in [1.807, 2.05) is 0 Å². The number of amides is 2. The average Bonchev–Trinajstić information content (AvgIpc) is 3.46. The zero-order valence-electron chi connectivity index (χ0n) is 23.6. The molecule has 2 aliphatic rings. The van der Waals surface area contributed by atoms with Gasteiger partial charge in [0.25, 0.3) is 5.91 Å². The van der Waals surface area contributed by atoms with E-state index < -0.39 is 33.9 Å². The van der Waals surface area contributed by atoms with Crippen LogP contribution in [0.5, 0.6) is 0 Å². The highest BCUT2D eigenvalue weighted by Gasteiger charge is 2.32. The summed E-state index contributed by atoms with van der Waals surface area (Å²) in [7, 11) is -3.55. The van der Waals surface area contributed by atoms with Gasteiger partial charge in [0, 0.05) is 43.7 Å². The van der Waals surface area contributed by atoms with E-state index in [1.165, 1.54) is 12.1 Å². The molecular formula is C30H36F4N4O4S. The van der Waals surface area contributed by atoms with Gasteiger partial charge >= 0.3 is 6.18 Å². The van der Waals surface area contributed by atoms with E-state index in [2.05, 4.69) is 21.9 Å². The summed E-state index contributed by atoms with van der Waals surface area (Å²) in [4.78, 5) is 28.2. The van der Waals surface area contributed by atoms with Gasteiger partial charge in [-0.3, -0.25) is 9.59 Å². The molecule has 4 atom stereocenters. The van der Waals surface area contributed by atoms with Crippen LogP contribution in [-0.4, -0.2) is 64.0 Å². The minimum atomic E-state index is -4.45. The largest absolute Gasteiger partial charge is 0.416 e. The Morgan fingerprint density at radius 1 is 1.07 bits per heavy atom. The average molecular weight is 625 g/mol. The molecule has 2 heterocycles. The Morgan fingerprint density at radius 3 is 2.40 bits per heavy atom. The Balaban J connectivity index is 1.42. The van der Waals surface area contributed by atoms with Crippen LogP contribution in [0.4, 0.5) is 17.6 Å². The normalized spacial score (nSPS) is 21.8. The fraction of sp³-hybridized carbons (Fsp3) is 0.467. The molecule has 0 aromatic heterocycles. The lowest BCUT2D eigenvalue weighted by Crippen LogP contribution is -2.39. The van der Waals surface area contributed by atoms with Crippen molar-refractivity contribution in [1.82, 2.24) is 20.3 Å². The number of nitrogens with zero attached hydrogens (tertiary/aromatic N) is 1. The van der Waals surface area contributed by atoms with Gasteiger partial charge in [0.1, 0.15) is 6.17 Å². The van der Waals surface area contributed by atoms with Crippen molar-refractivity contribution in [3.63, 3.8) is 0 Å². The molecule has 3 N–H and O–H groups in total. The predicted octanol–water partition coefficient (Wildman–Crippen LogP) is 3.97. The van der Waals surface area contributed by atoms with Crippen LogP contribution in [0.1, 0.15) is 52.2 Å². The topological polar surface area (TPSA) is 108 Å². The molecule has 2 saturated heterocycles. The molecule has 0 aliphatic carbocycles. The summed E-state index contributed by atoms with van der Waals surface area (Å²) < 4.78 is 78.5. The molecule has 2 aromatic rings. The third kappa shape index (κ3) is 9.10. The number of alkyl halides is 4. The third-order valence-corrected chi connectivity index (χ3v) is 8.96. The van der Waals surface area contributed by atoms with Crippen molar-refractivity contribution in [2.45, 2.75) is 44.1 Å². The fourth-order valence-electron chi connectivity index (χ4n) is 5.52. The molecule has 0 spiro atoms. The number of hydrogen-bond donors (Lipinski definition) is 3. The second-order valence-electron chi connectivity index (χ2n) is 11.1. The molecule has 2 fully saturated rings. The Morgan fingerprint density at radius 2 is 1.77 bits per heavy atom. The summed E-state index contributed by atoms with van der Waals surface area (Å²) in [6.07, 6.45) is -4.16. The smallest absolute Gasteiger partial charge is 0.351 e. The van der Waals surface area contributed by atoms with Crippen molar-refractivity contribution < 1.29 is 35.6 Å². The standard InChI is InChI=1S/C30H36F4N4O4S/c1-2-43(41,42)37-17-21-11-12-38(19-21)29(40)24-7-5-23(6-8-24)27(14-22-13-26(31)18-35-15-22)28(39)36-16-20-3-9-25(10-4-20)30(32,33)34/h2-10,21-22,26-27,35,37H,1,11-19H2,(H,36,39)/t21-,22?,26?,27?/m0/s1. The zero-order chi connectivity index (χ0) is 31.2. The van der Waals surface area contributed by atoms with Crippen LogP contribution in [-0.2, 0) is 27.5 Å². The van der Waals surface area contributed by atoms with Gasteiger partial charge in [0.15, 0.2) is 0 Å². The van der Waals surface area contributed by atoms with Crippen molar-refractivity contribution in [2.75, 3.05) is 32.7 Å². The van der Waals surface area contributed by atoms with Gasteiger partial charge in [-0.25, -0.2) is 17.5 Å². The van der Waals surface area contributed by atoms with E-state index in [1.54, 1.807) is 29.2 Å². The van der Waals surface area contributed by atoms with Gasteiger partial charge in [-0.05, 0) is 73.0 Å². The lowest BCUT2D eigenvalue weighted by molar-refractivity contribution is -0.137. The van der Waals surface area contributed by atoms with Gasteiger partial charge in [0.05, 0.1) is 11.5 Å². The second kappa shape index (κ2) is 14.0. The number of nitrogens with one attached hydrogen (secondary N) is 3. The van der Waals surface area contributed by atoms with Crippen molar-refractivity contribution in [2.24, 2.45) is 11.8 Å². The van der Waals surface area contributed by atoms with E-state index in [0.717, 1.165) is 17.5 Å².